The van der Waals surface area contributed by atoms with Crippen LogP contribution in [0.15, 0.2) is 42.0 Å². The summed E-state index contributed by atoms with van der Waals surface area (Å²) >= 11 is 5.93. The lowest BCUT2D eigenvalue weighted by molar-refractivity contribution is 0.878. The van der Waals surface area contributed by atoms with Crippen LogP contribution in [0.25, 0.3) is 0 Å². The largest absolute Gasteiger partial charge is 0.208 e. The molecule has 0 spiro atoms. The SMILES string of the molecule is Clc1ccccc1/C=N\n1cnnc1. The van der Waals surface area contributed by atoms with E-state index in [1.807, 2.05) is 24.3 Å². The molecule has 0 amide bonds. The standard InChI is InChI=1S/C9H7ClN4/c10-9-4-2-1-3-8(9)5-13-14-6-11-12-7-14/h1-7H/b13-5-. The molecule has 14 heavy (non-hydrogen) atoms. The first-order valence-electron chi connectivity index (χ1n) is 4.00. The zero-order valence-corrected chi connectivity index (χ0v) is 7.96. The average Bonchev–Trinajstić information content (AvgIpc) is 2.69. The highest BCUT2D eigenvalue weighted by atomic mass is 35.5. The van der Waals surface area contributed by atoms with Crippen LogP contribution in [0.1, 0.15) is 5.56 Å². The van der Waals surface area contributed by atoms with E-state index in [2.05, 4.69) is 15.3 Å². The first-order valence-corrected chi connectivity index (χ1v) is 4.37. The van der Waals surface area contributed by atoms with Crippen molar-refractivity contribution in [2.45, 2.75) is 0 Å². The minimum absolute atomic E-state index is 0.671. The van der Waals surface area contributed by atoms with E-state index in [4.69, 9.17) is 11.6 Å². The molecule has 0 bridgehead atoms. The smallest absolute Gasteiger partial charge is 0.141 e. The van der Waals surface area contributed by atoms with Crippen molar-refractivity contribution in [3.8, 4) is 0 Å². The van der Waals surface area contributed by atoms with Crippen molar-refractivity contribution in [2.75, 3.05) is 0 Å². The summed E-state index contributed by atoms with van der Waals surface area (Å²) in [5.41, 5.74) is 0.864. The molecular formula is C9H7ClN4. The third-order valence-corrected chi connectivity index (χ3v) is 1.99. The number of nitrogens with zero attached hydrogens (tertiary/aromatic N) is 4. The number of hydrogen-bond donors (Lipinski definition) is 0. The van der Waals surface area contributed by atoms with Crippen molar-refractivity contribution in [1.29, 1.82) is 0 Å². The van der Waals surface area contributed by atoms with E-state index >= 15 is 0 Å². The van der Waals surface area contributed by atoms with Gasteiger partial charge in [-0.25, -0.2) is 4.68 Å². The van der Waals surface area contributed by atoms with Gasteiger partial charge in [-0.05, 0) is 6.07 Å². The molecule has 2 rings (SSSR count). The van der Waals surface area contributed by atoms with Crippen molar-refractivity contribution in [1.82, 2.24) is 14.9 Å². The van der Waals surface area contributed by atoms with E-state index in [0.717, 1.165) is 5.56 Å². The van der Waals surface area contributed by atoms with Gasteiger partial charge in [-0.2, -0.15) is 5.10 Å². The fourth-order valence-corrected chi connectivity index (χ4v) is 1.15. The fraction of sp³-hybridized carbons (Fsp3) is 0. The second kappa shape index (κ2) is 4.02. The van der Waals surface area contributed by atoms with Crippen LogP contribution in [-0.2, 0) is 0 Å². The highest BCUT2D eigenvalue weighted by Gasteiger charge is 1.93. The molecule has 70 valence electrons. The van der Waals surface area contributed by atoms with Gasteiger partial charge in [-0.15, -0.1) is 10.2 Å². The van der Waals surface area contributed by atoms with Gasteiger partial charge in [-0.3, -0.25) is 0 Å². The van der Waals surface area contributed by atoms with Crippen molar-refractivity contribution < 1.29 is 0 Å². The Hall–Kier alpha value is -1.68. The van der Waals surface area contributed by atoms with Gasteiger partial charge in [0.05, 0.1) is 6.21 Å². The number of benzene rings is 1. The van der Waals surface area contributed by atoms with Crippen LogP contribution in [0.3, 0.4) is 0 Å². The number of aromatic nitrogens is 3. The highest BCUT2D eigenvalue weighted by Crippen LogP contribution is 2.12. The number of halogens is 1. The van der Waals surface area contributed by atoms with E-state index in [9.17, 15) is 0 Å². The molecule has 1 aromatic heterocycles. The summed E-state index contributed by atoms with van der Waals surface area (Å²) in [5, 5.41) is 12.0. The summed E-state index contributed by atoms with van der Waals surface area (Å²) in [4.78, 5) is 0. The van der Waals surface area contributed by atoms with Gasteiger partial charge in [0.1, 0.15) is 12.7 Å². The summed E-state index contributed by atoms with van der Waals surface area (Å²) in [7, 11) is 0. The van der Waals surface area contributed by atoms with Crippen LogP contribution in [0.5, 0.6) is 0 Å². The Morgan fingerprint density at radius 3 is 2.64 bits per heavy atom. The summed E-state index contributed by atoms with van der Waals surface area (Å²) in [6.07, 6.45) is 4.67. The van der Waals surface area contributed by atoms with Gasteiger partial charge in [0, 0.05) is 10.6 Å². The van der Waals surface area contributed by atoms with Crippen molar-refractivity contribution in [3.05, 3.63) is 47.5 Å². The zero-order valence-electron chi connectivity index (χ0n) is 7.21. The van der Waals surface area contributed by atoms with E-state index in [-0.39, 0.29) is 0 Å². The van der Waals surface area contributed by atoms with Crippen LogP contribution < -0.4 is 0 Å². The monoisotopic (exact) mass is 206 g/mol. The molecule has 0 unspecified atom stereocenters. The van der Waals surface area contributed by atoms with Gasteiger partial charge >= 0.3 is 0 Å². The summed E-state index contributed by atoms with van der Waals surface area (Å²) < 4.78 is 1.50. The van der Waals surface area contributed by atoms with Gasteiger partial charge in [-0.1, -0.05) is 29.8 Å². The maximum Gasteiger partial charge on any atom is 0.141 e. The predicted molar refractivity (Wildman–Crippen MR) is 54.5 cm³/mol. The fourth-order valence-electron chi connectivity index (χ4n) is 0.964. The third-order valence-electron chi connectivity index (χ3n) is 1.64. The average molecular weight is 207 g/mol. The lowest BCUT2D eigenvalue weighted by Crippen LogP contribution is -1.87. The lowest BCUT2D eigenvalue weighted by Gasteiger charge is -1.95. The molecule has 0 saturated carbocycles. The molecule has 0 aliphatic rings. The minimum atomic E-state index is 0.671. The molecule has 1 aromatic carbocycles. The minimum Gasteiger partial charge on any atom is -0.208 e. The molecule has 4 nitrogen and oxygen atoms in total. The Morgan fingerprint density at radius 1 is 1.21 bits per heavy atom. The van der Waals surface area contributed by atoms with E-state index in [1.54, 1.807) is 6.21 Å². The summed E-state index contributed by atoms with van der Waals surface area (Å²) in [5.74, 6) is 0. The molecule has 0 fully saturated rings. The maximum atomic E-state index is 5.93. The molecule has 0 radical (unpaired) electrons. The molecule has 0 aliphatic heterocycles. The van der Waals surface area contributed by atoms with Crippen LogP contribution in [-0.4, -0.2) is 21.1 Å². The molecule has 2 aromatic rings. The molecule has 0 atom stereocenters. The normalized spacial score (nSPS) is 10.9. The molecule has 1 heterocycles. The van der Waals surface area contributed by atoms with E-state index < -0.39 is 0 Å². The van der Waals surface area contributed by atoms with Crippen molar-refractivity contribution >= 4 is 17.8 Å². The van der Waals surface area contributed by atoms with Crippen LogP contribution in [0.2, 0.25) is 5.02 Å². The van der Waals surface area contributed by atoms with Gasteiger partial charge in [0.25, 0.3) is 0 Å². The Bertz CT molecular complexity index is 436. The Labute approximate surface area is 85.8 Å². The van der Waals surface area contributed by atoms with E-state index in [0.29, 0.717) is 5.02 Å². The first-order chi connectivity index (χ1) is 6.86. The Balaban J connectivity index is 2.23. The highest BCUT2D eigenvalue weighted by molar-refractivity contribution is 6.33. The maximum absolute atomic E-state index is 5.93. The molecule has 5 heteroatoms. The molecular weight excluding hydrogens is 200 g/mol. The Kier molecular flexibility index (Phi) is 2.55. The number of hydrogen-bond acceptors (Lipinski definition) is 3. The topological polar surface area (TPSA) is 43.1 Å². The second-order valence-corrected chi connectivity index (χ2v) is 3.02. The second-order valence-electron chi connectivity index (χ2n) is 2.61. The summed E-state index contributed by atoms with van der Waals surface area (Å²) in [6.45, 7) is 0. The van der Waals surface area contributed by atoms with Gasteiger partial charge in [0.2, 0.25) is 0 Å². The first kappa shape index (κ1) is 8.90. The number of rotatable bonds is 2. The predicted octanol–water partition coefficient (Wildman–Crippen LogP) is 1.81. The summed E-state index contributed by atoms with van der Waals surface area (Å²) in [6, 6.07) is 7.48. The van der Waals surface area contributed by atoms with Gasteiger partial charge < -0.3 is 0 Å². The van der Waals surface area contributed by atoms with Crippen LogP contribution in [0, 0.1) is 0 Å². The molecule has 0 saturated heterocycles. The van der Waals surface area contributed by atoms with Crippen LogP contribution in [0.4, 0.5) is 0 Å². The zero-order chi connectivity index (χ0) is 9.80. The molecule has 0 aliphatic carbocycles. The van der Waals surface area contributed by atoms with Crippen LogP contribution >= 0.6 is 11.6 Å². The third kappa shape index (κ3) is 1.97. The van der Waals surface area contributed by atoms with Crippen molar-refractivity contribution in [2.24, 2.45) is 5.10 Å². The van der Waals surface area contributed by atoms with Gasteiger partial charge in [0.15, 0.2) is 0 Å². The lowest BCUT2D eigenvalue weighted by atomic mass is 10.2. The van der Waals surface area contributed by atoms with E-state index in [1.165, 1.54) is 17.3 Å². The molecule has 0 N–H and O–H groups in total. The van der Waals surface area contributed by atoms with Crippen molar-refractivity contribution in [3.63, 3.8) is 0 Å². The quantitative estimate of drug-likeness (QED) is 0.704. The Morgan fingerprint density at radius 2 is 1.93 bits per heavy atom.